The largest absolute Gasteiger partial charge is 0.457 e. The molecule has 3 aromatic carbocycles. The third kappa shape index (κ3) is 5.33. The number of hydrogen-bond acceptors (Lipinski definition) is 3. The molecule has 0 amide bonds. The van der Waals surface area contributed by atoms with E-state index in [1.165, 1.54) is 0 Å². The molecule has 27 heavy (non-hydrogen) atoms. The second-order valence-corrected chi connectivity index (χ2v) is 6.41. The Kier molecular flexibility index (Phi) is 5.74. The van der Waals surface area contributed by atoms with Crippen LogP contribution in [-0.2, 0) is 5.60 Å². The minimum Gasteiger partial charge on any atom is -0.457 e. The van der Waals surface area contributed by atoms with Gasteiger partial charge in [0.25, 0.3) is 0 Å². The normalized spacial score (nSPS) is 13.6. The second-order valence-electron chi connectivity index (χ2n) is 6.41. The SMILES string of the molecule is CC(O)(CN=C(N)Nc1cccc(Oc2ccccc2)c1)c1ccccc1. The van der Waals surface area contributed by atoms with Crippen LogP contribution in [0.2, 0.25) is 0 Å². The van der Waals surface area contributed by atoms with E-state index in [0.29, 0.717) is 5.75 Å². The molecule has 4 N–H and O–H groups in total. The quantitative estimate of drug-likeness (QED) is 0.456. The van der Waals surface area contributed by atoms with Crippen LogP contribution in [0, 0.1) is 0 Å². The molecule has 138 valence electrons. The molecule has 0 bridgehead atoms. The van der Waals surface area contributed by atoms with Gasteiger partial charge < -0.3 is 20.9 Å². The summed E-state index contributed by atoms with van der Waals surface area (Å²) in [4.78, 5) is 4.27. The van der Waals surface area contributed by atoms with Gasteiger partial charge >= 0.3 is 0 Å². The molecule has 0 aliphatic heterocycles. The molecule has 3 rings (SSSR count). The fraction of sp³-hybridized carbons (Fsp3) is 0.136. The molecule has 5 heteroatoms. The molecule has 0 saturated heterocycles. The van der Waals surface area contributed by atoms with E-state index in [1.807, 2.05) is 84.9 Å². The Morgan fingerprint density at radius 1 is 0.963 bits per heavy atom. The summed E-state index contributed by atoms with van der Waals surface area (Å²) in [6, 6.07) is 26.4. The van der Waals surface area contributed by atoms with Gasteiger partial charge in [-0.05, 0) is 36.8 Å². The lowest BCUT2D eigenvalue weighted by Gasteiger charge is -2.21. The Balaban J connectivity index is 1.64. The molecule has 0 saturated carbocycles. The molecule has 1 atom stereocenters. The van der Waals surface area contributed by atoms with Gasteiger partial charge in [0.15, 0.2) is 5.96 Å². The van der Waals surface area contributed by atoms with Gasteiger partial charge in [-0.2, -0.15) is 0 Å². The van der Waals surface area contributed by atoms with Gasteiger partial charge in [0.05, 0.1) is 6.54 Å². The van der Waals surface area contributed by atoms with Gasteiger partial charge in [-0.25, -0.2) is 4.99 Å². The van der Waals surface area contributed by atoms with Gasteiger partial charge in [0.2, 0.25) is 0 Å². The van der Waals surface area contributed by atoms with Crippen molar-refractivity contribution >= 4 is 11.6 Å². The predicted octanol–water partition coefficient (Wildman–Crippen LogP) is 4.11. The topological polar surface area (TPSA) is 79.9 Å². The van der Waals surface area contributed by atoms with Crippen LogP contribution in [0.25, 0.3) is 0 Å². The Morgan fingerprint density at radius 2 is 1.59 bits per heavy atom. The summed E-state index contributed by atoms with van der Waals surface area (Å²) in [6.07, 6.45) is 0. The summed E-state index contributed by atoms with van der Waals surface area (Å²) < 4.78 is 5.81. The van der Waals surface area contributed by atoms with E-state index in [9.17, 15) is 5.11 Å². The first kappa shape index (κ1) is 18.5. The summed E-state index contributed by atoms with van der Waals surface area (Å²) in [5.41, 5.74) is 6.43. The number of nitrogens with two attached hydrogens (primary N) is 1. The highest BCUT2D eigenvalue weighted by Crippen LogP contribution is 2.24. The lowest BCUT2D eigenvalue weighted by molar-refractivity contribution is 0.0674. The summed E-state index contributed by atoms with van der Waals surface area (Å²) in [5, 5.41) is 13.6. The van der Waals surface area contributed by atoms with Crippen molar-refractivity contribution in [3.8, 4) is 11.5 Å². The van der Waals surface area contributed by atoms with Crippen molar-refractivity contribution < 1.29 is 9.84 Å². The highest BCUT2D eigenvalue weighted by molar-refractivity contribution is 5.92. The number of ether oxygens (including phenoxy) is 1. The Morgan fingerprint density at radius 3 is 2.30 bits per heavy atom. The van der Waals surface area contributed by atoms with Gasteiger partial charge in [-0.3, -0.25) is 0 Å². The second kappa shape index (κ2) is 8.38. The van der Waals surface area contributed by atoms with E-state index in [2.05, 4.69) is 10.3 Å². The fourth-order valence-corrected chi connectivity index (χ4v) is 2.58. The number of rotatable bonds is 6. The molecular weight excluding hydrogens is 338 g/mol. The summed E-state index contributed by atoms with van der Waals surface area (Å²) >= 11 is 0. The van der Waals surface area contributed by atoms with E-state index < -0.39 is 5.60 Å². The van der Waals surface area contributed by atoms with Crippen molar-refractivity contribution in [2.24, 2.45) is 10.7 Å². The van der Waals surface area contributed by atoms with Crippen LogP contribution in [0.15, 0.2) is 89.9 Å². The Bertz CT molecular complexity index is 894. The maximum Gasteiger partial charge on any atom is 0.193 e. The number of nitrogens with zero attached hydrogens (tertiary/aromatic N) is 1. The zero-order valence-corrected chi connectivity index (χ0v) is 15.2. The standard InChI is InChI=1S/C22H23N3O2/c1-22(26,17-9-4-2-5-10-17)16-24-21(23)25-18-11-8-14-20(15-18)27-19-12-6-3-7-13-19/h2-15,26H,16H2,1H3,(H3,23,24,25). The maximum atomic E-state index is 10.6. The fourth-order valence-electron chi connectivity index (χ4n) is 2.58. The van der Waals surface area contributed by atoms with E-state index in [1.54, 1.807) is 6.92 Å². The van der Waals surface area contributed by atoms with Gasteiger partial charge in [-0.15, -0.1) is 0 Å². The predicted molar refractivity (Wildman–Crippen MR) is 109 cm³/mol. The number of para-hydroxylation sites is 1. The van der Waals surface area contributed by atoms with Crippen molar-refractivity contribution in [1.82, 2.24) is 0 Å². The number of anilines is 1. The average Bonchev–Trinajstić information content (AvgIpc) is 2.68. The molecule has 0 radical (unpaired) electrons. The number of aliphatic imine (C=N–C) groups is 1. The van der Waals surface area contributed by atoms with Crippen LogP contribution >= 0.6 is 0 Å². The number of guanidine groups is 1. The van der Waals surface area contributed by atoms with E-state index in [0.717, 1.165) is 17.0 Å². The van der Waals surface area contributed by atoms with Gasteiger partial charge in [-0.1, -0.05) is 54.6 Å². The first-order valence-electron chi connectivity index (χ1n) is 8.71. The monoisotopic (exact) mass is 361 g/mol. The lowest BCUT2D eigenvalue weighted by atomic mass is 9.96. The van der Waals surface area contributed by atoms with Gasteiger partial charge in [0.1, 0.15) is 17.1 Å². The molecule has 0 fully saturated rings. The number of nitrogens with one attached hydrogen (secondary N) is 1. The lowest BCUT2D eigenvalue weighted by Crippen LogP contribution is -2.29. The highest BCUT2D eigenvalue weighted by atomic mass is 16.5. The van der Waals surface area contributed by atoms with E-state index in [-0.39, 0.29) is 12.5 Å². The average molecular weight is 361 g/mol. The third-order valence-electron chi connectivity index (χ3n) is 4.04. The zero-order chi connectivity index (χ0) is 19.1. The minimum absolute atomic E-state index is 0.149. The van der Waals surface area contributed by atoms with Crippen molar-refractivity contribution in [1.29, 1.82) is 0 Å². The van der Waals surface area contributed by atoms with Crippen LogP contribution in [0.3, 0.4) is 0 Å². The van der Waals surface area contributed by atoms with E-state index in [4.69, 9.17) is 10.5 Å². The molecule has 1 unspecified atom stereocenters. The first-order chi connectivity index (χ1) is 13.0. The van der Waals surface area contributed by atoms with Crippen molar-refractivity contribution in [2.45, 2.75) is 12.5 Å². The summed E-state index contributed by atoms with van der Waals surface area (Å²) in [7, 11) is 0. The molecule has 3 aromatic rings. The summed E-state index contributed by atoms with van der Waals surface area (Å²) in [5.74, 6) is 1.67. The minimum atomic E-state index is -1.09. The highest BCUT2D eigenvalue weighted by Gasteiger charge is 2.22. The molecular formula is C22H23N3O2. The molecule has 0 aromatic heterocycles. The zero-order valence-electron chi connectivity index (χ0n) is 15.2. The van der Waals surface area contributed by atoms with Crippen molar-refractivity contribution in [3.05, 3.63) is 90.5 Å². The molecule has 5 nitrogen and oxygen atoms in total. The van der Waals surface area contributed by atoms with Gasteiger partial charge in [0, 0.05) is 11.8 Å². The Hall–Kier alpha value is -3.31. The smallest absolute Gasteiger partial charge is 0.193 e. The number of hydrogen-bond donors (Lipinski definition) is 3. The Labute approximate surface area is 159 Å². The van der Waals surface area contributed by atoms with Crippen molar-refractivity contribution in [3.63, 3.8) is 0 Å². The van der Waals surface area contributed by atoms with Crippen molar-refractivity contribution in [2.75, 3.05) is 11.9 Å². The molecule has 0 heterocycles. The van der Waals surface area contributed by atoms with Crippen LogP contribution < -0.4 is 15.8 Å². The molecule has 0 aliphatic carbocycles. The summed E-state index contributed by atoms with van der Waals surface area (Å²) in [6.45, 7) is 1.86. The molecule has 0 spiro atoms. The molecule has 0 aliphatic rings. The number of aliphatic hydroxyl groups is 1. The van der Waals surface area contributed by atoms with Crippen LogP contribution in [0.1, 0.15) is 12.5 Å². The maximum absolute atomic E-state index is 10.6. The number of benzene rings is 3. The third-order valence-corrected chi connectivity index (χ3v) is 4.04. The first-order valence-corrected chi connectivity index (χ1v) is 8.71. The van der Waals surface area contributed by atoms with Crippen LogP contribution in [0.4, 0.5) is 5.69 Å². The van der Waals surface area contributed by atoms with E-state index >= 15 is 0 Å². The van der Waals surface area contributed by atoms with Crippen LogP contribution in [-0.4, -0.2) is 17.6 Å². The van der Waals surface area contributed by atoms with Crippen LogP contribution in [0.5, 0.6) is 11.5 Å².